The quantitative estimate of drug-likeness (QED) is 0.519. The number of carbonyl (C=O) groups excluding carboxylic acids is 1. The predicted molar refractivity (Wildman–Crippen MR) is 114 cm³/mol. The zero-order valence-corrected chi connectivity index (χ0v) is 16.5. The summed E-state index contributed by atoms with van der Waals surface area (Å²) in [6.07, 6.45) is 1.47. The molecule has 0 atom stereocenters. The molecule has 1 N–H and O–H groups in total. The molecule has 2 aromatic carbocycles. The normalized spacial score (nSPS) is 10.9. The molecule has 8 heteroatoms. The molecule has 156 valence electrons. The standard InChI is InChI=1S/C23H19FN4O3/c24-18-10-8-16(9-11-18)13-26-20(29)15-27-19-7-4-12-25-21(19)22(30)28(23(27)31)14-17-5-2-1-3-6-17/h1-12H,13-15H2,(H,26,29). The summed E-state index contributed by atoms with van der Waals surface area (Å²) in [5.41, 5.74) is 0.814. The molecule has 0 fully saturated rings. The maximum atomic E-state index is 13.1. The van der Waals surface area contributed by atoms with Crippen molar-refractivity contribution in [1.29, 1.82) is 0 Å². The van der Waals surface area contributed by atoms with Crippen LogP contribution in [0.3, 0.4) is 0 Å². The minimum Gasteiger partial charge on any atom is -0.350 e. The lowest BCUT2D eigenvalue weighted by molar-refractivity contribution is -0.121. The predicted octanol–water partition coefficient (Wildman–Crippen LogP) is 2.06. The molecule has 0 unspecified atom stereocenters. The van der Waals surface area contributed by atoms with Gasteiger partial charge in [0.1, 0.15) is 12.4 Å². The summed E-state index contributed by atoms with van der Waals surface area (Å²) in [6.45, 7) is -0.0206. The van der Waals surface area contributed by atoms with Crippen molar-refractivity contribution in [2.75, 3.05) is 0 Å². The van der Waals surface area contributed by atoms with Gasteiger partial charge < -0.3 is 5.32 Å². The number of carbonyl (C=O) groups is 1. The molecular formula is C23H19FN4O3. The Balaban J connectivity index is 1.66. The number of pyridine rings is 1. The van der Waals surface area contributed by atoms with E-state index in [1.165, 1.54) is 22.9 Å². The van der Waals surface area contributed by atoms with Crippen molar-refractivity contribution in [1.82, 2.24) is 19.4 Å². The van der Waals surface area contributed by atoms with Crippen molar-refractivity contribution >= 4 is 16.9 Å². The van der Waals surface area contributed by atoms with Crippen LogP contribution in [-0.4, -0.2) is 20.0 Å². The summed E-state index contributed by atoms with van der Waals surface area (Å²) in [5.74, 6) is -0.775. The van der Waals surface area contributed by atoms with Gasteiger partial charge in [0.05, 0.1) is 12.1 Å². The fourth-order valence-electron chi connectivity index (χ4n) is 3.30. The minimum absolute atomic E-state index is 0.0716. The molecule has 0 aliphatic heterocycles. The van der Waals surface area contributed by atoms with Crippen molar-refractivity contribution in [2.45, 2.75) is 19.6 Å². The highest BCUT2D eigenvalue weighted by Crippen LogP contribution is 2.07. The lowest BCUT2D eigenvalue weighted by atomic mass is 10.2. The van der Waals surface area contributed by atoms with Gasteiger partial charge in [0.15, 0.2) is 5.52 Å². The van der Waals surface area contributed by atoms with E-state index < -0.39 is 17.2 Å². The summed E-state index contributed by atoms with van der Waals surface area (Å²) < 4.78 is 15.4. The Bertz CT molecular complexity index is 1350. The highest BCUT2D eigenvalue weighted by atomic mass is 19.1. The van der Waals surface area contributed by atoms with Gasteiger partial charge in [-0.05, 0) is 35.4 Å². The van der Waals surface area contributed by atoms with Crippen molar-refractivity contribution < 1.29 is 9.18 Å². The summed E-state index contributed by atoms with van der Waals surface area (Å²) in [4.78, 5) is 42.7. The van der Waals surface area contributed by atoms with Crippen LogP contribution in [-0.2, 0) is 24.4 Å². The number of hydrogen-bond donors (Lipinski definition) is 1. The number of benzene rings is 2. The number of rotatable bonds is 6. The maximum absolute atomic E-state index is 13.1. The third-order valence-corrected chi connectivity index (χ3v) is 4.87. The molecule has 4 rings (SSSR count). The summed E-state index contributed by atoms with van der Waals surface area (Å²) in [6, 6.07) is 18.1. The van der Waals surface area contributed by atoms with Crippen LogP contribution in [0.1, 0.15) is 11.1 Å². The molecule has 2 aromatic heterocycles. The van der Waals surface area contributed by atoms with Crippen LogP contribution in [0.15, 0.2) is 82.5 Å². The molecule has 4 aromatic rings. The molecule has 0 bridgehead atoms. The van der Waals surface area contributed by atoms with Crippen LogP contribution in [0.4, 0.5) is 4.39 Å². The highest BCUT2D eigenvalue weighted by Gasteiger charge is 2.16. The third kappa shape index (κ3) is 4.42. The molecule has 7 nitrogen and oxygen atoms in total. The van der Waals surface area contributed by atoms with Gasteiger partial charge in [0.2, 0.25) is 5.91 Å². The number of nitrogens with zero attached hydrogens (tertiary/aromatic N) is 3. The monoisotopic (exact) mass is 418 g/mol. The molecular weight excluding hydrogens is 399 g/mol. The van der Waals surface area contributed by atoms with Crippen molar-refractivity contribution in [3.8, 4) is 0 Å². The second-order valence-electron chi connectivity index (χ2n) is 7.02. The van der Waals surface area contributed by atoms with E-state index in [0.29, 0.717) is 5.52 Å². The molecule has 2 heterocycles. The number of aromatic nitrogens is 3. The molecule has 0 aliphatic carbocycles. The number of nitrogens with one attached hydrogen (secondary N) is 1. The van der Waals surface area contributed by atoms with E-state index in [1.54, 1.807) is 24.3 Å². The Morgan fingerprint density at radius 3 is 2.39 bits per heavy atom. The van der Waals surface area contributed by atoms with Crippen LogP contribution >= 0.6 is 0 Å². The molecule has 1 amide bonds. The first kappa shape index (κ1) is 20.2. The average molecular weight is 418 g/mol. The van der Waals surface area contributed by atoms with E-state index in [4.69, 9.17) is 0 Å². The van der Waals surface area contributed by atoms with Crippen LogP contribution in [0.25, 0.3) is 11.0 Å². The van der Waals surface area contributed by atoms with Crippen molar-refractivity contribution in [3.05, 3.63) is 111 Å². The Labute approximate surface area is 176 Å². The fraction of sp³-hybridized carbons (Fsp3) is 0.130. The largest absolute Gasteiger partial charge is 0.350 e. The van der Waals surface area contributed by atoms with Gasteiger partial charge in [-0.2, -0.15) is 0 Å². The van der Waals surface area contributed by atoms with Crippen molar-refractivity contribution in [3.63, 3.8) is 0 Å². The van der Waals surface area contributed by atoms with Crippen molar-refractivity contribution in [2.24, 2.45) is 0 Å². The topological polar surface area (TPSA) is 86.0 Å². The number of hydrogen-bond acceptors (Lipinski definition) is 4. The van der Waals surface area contributed by atoms with Gasteiger partial charge in [-0.1, -0.05) is 42.5 Å². The van der Waals surface area contributed by atoms with E-state index in [1.807, 2.05) is 30.3 Å². The van der Waals surface area contributed by atoms with E-state index >= 15 is 0 Å². The third-order valence-electron chi connectivity index (χ3n) is 4.87. The number of halogens is 1. The first-order valence-electron chi connectivity index (χ1n) is 9.66. The van der Waals surface area contributed by atoms with Gasteiger partial charge in [0.25, 0.3) is 5.56 Å². The van der Waals surface area contributed by atoms with Crippen LogP contribution < -0.4 is 16.6 Å². The van der Waals surface area contributed by atoms with E-state index in [2.05, 4.69) is 10.3 Å². The zero-order valence-electron chi connectivity index (χ0n) is 16.5. The summed E-state index contributed by atoms with van der Waals surface area (Å²) in [5, 5.41) is 2.71. The minimum atomic E-state index is -0.591. The molecule has 0 saturated carbocycles. The van der Waals surface area contributed by atoms with E-state index in [9.17, 15) is 18.8 Å². The first-order chi connectivity index (χ1) is 15.0. The van der Waals surface area contributed by atoms with Gasteiger partial charge in [-0.25, -0.2) is 14.2 Å². The lowest BCUT2D eigenvalue weighted by Gasteiger charge is -2.14. The Kier molecular flexibility index (Phi) is 5.70. The SMILES string of the molecule is O=C(Cn1c(=O)n(Cc2ccccc2)c(=O)c2ncccc21)NCc1ccc(F)cc1. The van der Waals surface area contributed by atoms with Crippen LogP contribution in [0, 0.1) is 5.82 Å². The molecule has 31 heavy (non-hydrogen) atoms. The maximum Gasteiger partial charge on any atom is 0.332 e. The molecule has 0 spiro atoms. The number of amides is 1. The second-order valence-corrected chi connectivity index (χ2v) is 7.02. The second kappa shape index (κ2) is 8.74. The molecule has 0 aliphatic rings. The first-order valence-corrected chi connectivity index (χ1v) is 9.66. The van der Waals surface area contributed by atoms with Crippen LogP contribution in [0.2, 0.25) is 0 Å². The Hall–Kier alpha value is -4.07. The van der Waals surface area contributed by atoms with E-state index in [0.717, 1.165) is 15.7 Å². The van der Waals surface area contributed by atoms with Gasteiger partial charge in [-0.15, -0.1) is 0 Å². The fourth-order valence-corrected chi connectivity index (χ4v) is 3.30. The highest BCUT2D eigenvalue weighted by molar-refractivity contribution is 5.79. The molecule has 0 saturated heterocycles. The molecule has 0 radical (unpaired) electrons. The Morgan fingerprint density at radius 2 is 1.65 bits per heavy atom. The van der Waals surface area contributed by atoms with Gasteiger partial charge in [0, 0.05) is 12.7 Å². The summed E-state index contributed by atoms with van der Waals surface area (Å²) in [7, 11) is 0. The smallest absolute Gasteiger partial charge is 0.332 e. The van der Waals surface area contributed by atoms with Gasteiger partial charge in [-0.3, -0.25) is 18.7 Å². The van der Waals surface area contributed by atoms with E-state index in [-0.39, 0.29) is 31.0 Å². The lowest BCUT2D eigenvalue weighted by Crippen LogP contribution is -2.43. The zero-order chi connectivity index (χ0) is 21.8. The average Bonchev–Trinajstić information content (AvgIpc) is 2.80. The summed E-state index contributed by atoms with van der Waals surface area (Å²) >= 11 is 0. The number of fused-ring (bicyclic) bond motifs is 1. The Morgan fingerprint density at radius 1 is 0.903 bits per heavy atom. The van der Waals surface area contributed by atoms with Gasteiger partial charge >= 0.3 is 5.69 Å². The van der Waals surface area contributed by atoms with Crippen LogP contribution in [0.5, 0.6) is 0 Å².